The van der Waals surface area contributed by atoms with Crippen molar-refractivity contribution in [1.82, 2.24) is 4.98 Å². The maximum atomic E-state index is 9.64. The summed E-state index contributed by atoms with van der Waals surface area (Å²) in [6, 6.07) is 3.72. The van der Waals surface area contributed by atoms with Crippen LogP contribution in [0.15, 0.2) is 22.8 Å². The van der Waals surface area contributed by atoms with Gasteiger partial charge in [0.25, 0.3) is 0 Å². The van der Waals surface area contributed by atoms with E-state index in [1.807, 2.05) is 12.1 Å². The van der Waals surface area contributed by atoms with Crippen LogP contribution in [0.25, 0.3) is 0 Å². The van der Waals surface area contributed by atoms with Crippen molar-refractivity contribution in [1.29, 1.82) is 0 Å². The lowest BCUT2D eigenvalue weighted by molar-refractivity contribution is 0.146. The molecule has 58 valence electrons. The number of aliphatic hydroxyl groups is 1. The monoisotopic (exact) mass is 213 g/mol. The molecule has 1 aromatic rings. The Bertz CT molecular complexity index is 283. The van der Waals surface area contributed by atoms with E-state index in [0.717, 1.165) is 23.0 Å². The molecule has 0 radical (unpaired) electrons. The minimum Gasteiger partial charge on any atom is -0.384 e. The highest BCUT2D eigenvalue weighted by molar-refractivity contribution is 9.10. The van der Waals surface area contributed by atoms with Crippen molar-refractivity contribution in [3.8, 4) is 0 Å². The summed E-state index contributed by atoms with van der Waals surface area (Å²) >= 11 is 3.33. The molecule has 0 saturated heterocycles. The maximum absolute atomic E-state index is 9.64. The van der Waals surface area contributed by atoms with Gasteiger partial charge in [-0.05, 0) is 25.0 Å². The summed E-state index contributed by atoms with van der Waals surface area (Å²) in [6.07, 6.45) is 3.39. The van der Waals surface area contributed by atoms with E-state index in [1.54, 1.807) is 6.20 Å². The summed E-state index contributed by atoms with van der Waals surface area (Å²) in [6.45, 7) is 0. The molecule has 0 spiro atoms. The first-order valence-corrected chi connectivity index (χ1v) is 4.34. The van der Waals surface area contributed by atoms with Gasteiger partial charge >= 0.3 is 0 Å². The van der Waals surface area contributed by atoms with Crippen LogP contribution in [-0.2, 0) is 5.60 Å². The van der Waals surface area contributed by atoms with Gasteiger partial charge in [0, 0.05) is 10.7 Å². The second-order valence-corrected chi connectivity index (χ2v) is 3.81. The van der Waals surface area contributed by atoms with E-state index in [2.05, 4.69) is 20.9 Å². The van der Waals surface area contributed by atoms with Crippen LogP contribution in [0.3, 0.4) is 0 Å². The van der Waals surface area contributed by atoms with Crippen LogP contribution < -0.4 is 0 Å². The molecule has 0 bridgehead atoms. The lowest BCUT2D eigenvalue weighted by Crippen LogP contribution is -2.06. The van der Waals surface area contributed by atoms with E-state index < -0.39 is 5.60 Å². The van der Waals surface area contributed by atoms with Crippen LogP contribution in [-0.4, -0.2) is 10.1 Å². The Morgan fingerprint density at radius 2 is 2.27 bits per heavy atom. The van der Waals surface area contributed by atoms with Crippen LogP contribution >= 0.6 is 15.9 Å². The Labute approximate surface area is 73.4 Å². The average Bonchev–Trinajstić information content (AvgIpc) is 2.70. The summed E-state index contributed by atoms with van der Waals surface area (Å²) in [7, 11) is 0. The van der Waals surface area contributed by atoms with E-state index in [1.165, 1.54) is 0 Å². The van der Waals surface area contributed by atoms with Gasteiger partial charge in [0.15, 0.2) is 0 Å². The Morgan fingerprint density at radius 1 is 1.55 bits per heavy atom. The number of aromatic nitrogens is 1. The first kappa shape index (κ1) is 7.25. The molecule has 1 fully saturated rings. The molecule has 1 N–H and O–H groups in total. The normalized spacial score (nSPS) is 19.8. The van der Waals surface area contributed by atoms with Crippen LogP contribution in [0.4, 0.5) is 0 Å². The molecule has 1 saturated carbocycles. The van der Waals surface area contributed by atoms with Crippen molar-refractivity contribution in [2.45, 2.75) is 18.4 Å². The molecule has 1 aliphatic carbocycles. The number of hydrogen-bond donors (Lipinski definition) is 1. The van der Waals surface area contributed by atoms with E-state index in [0.29, 0.717) is 0 Å². The van der Waals surface area contributed by atoms with Crippen molar-refractivity contribution in [3.63, 3.8) is 0 Å². The molecule has 0 amide bonds. The summed E-state index contributed by atoms with van der Waals surface area (Å²) in [4.78, 5) is 4.09. The Morgan fingerprint density at radius 3 is 2.82 bits per heavy atom. The van der Waals surface area contributed by atoms with E-state index in [9.17, 15) is 5.11 Å². The molecule has 1 aromatic heterocycles. The molecule has 0 atom stereocenters. The highest BCUT2D eigenvalue weighted by Gasteiger charge is 2.43. The predicted octanol–water partition coefficient (Wildman–Crippen LogP) is 1.83. The smallest absolute Gasteiger partial charge is 0.107 e. The van der Waals surface area contributed by atoms with Crippen molar-refractivity contribution < 1.29 is 5.11 Å². The second kappa shape index (κ2) is 2.29. The van der Waals surface area contributed by atoms with Crippen molar-refractivity contribution in [3.05, 3.63) is 28.5 Å². The Balaban J connectivity index is 2.38. The molecule has 1 aliphatic rings. The minimum atomic E-state index is -0.607. The SMILES string of the molecule is OC1(c2cc(Br)ccn2)CC1. The van der Waals surface area contributed by atoms with Gasteiger partial charge in [-0.2, -0.15) is 0 Å². The molecule has 2 rings (SSSR count). The molecule has 2 nitrogen and oxygen atoms in total. The maximum Gasteiger partial charge on any atom is 0.107 e. The molecule has 1 heterocycles. The third-order valence-electron chi connectivity index (χ3n) is 1.92. The number of nitrogens with zero attached hydrogens (tertiary/aromatic N) is 1. The van der Waals surface area contributed by atoms with Gasteiger partial charge in [-0.25, -0.2) is 0 Å². The van der Waals surface area contributed by atoms with E-state index in [-0.39, 0.29) is 0 Å². The van der Waals surface area contributed by atoms with Gasteiger partial charge in [0.05, 0.1) is 5.69 Å². The van der Waals surface area contributed by atoms with Crippen molar-refractivity contribution >= 4 is 15.9 Å². The number of halogens is 1. The largest absolute Gasteiger partial charge is 0.384 e. The third-order valence-corrected chi connectivity index (χ3v) is 2.42. The van der Waals surface area contributed by atoms with E-state index in [4.69, 9.17) is 0 Å². The highest BCUT2D eigenvalue weighted by atomic mass is 79.9. The standard InChI is InChI=1S/C8H8BrNO/c9-6-1-4-10-7(5-6)8(11)2-3-8/h1,4-5,11H,2-3H2. The summed E-state index contributed by atoms with van der Waals surface area (Å²) in [5.74, 6) is 0. The minimum absolute atomic E-state index is 0.607. The van der Waals surface area contributed by atoms with Crippen molar-refractivity contribution in [2.75, 3.05) is 0 Å². The van der Waals surface area contributed by atoms with Gasteiger partial charge < -0.3 is 5.11 Å². The molecular formula is C8H8BrNO. The van der Waals surface area contributed by atoms with Crippen LogP contribution in [0.2, 0.25) is 0 Å². The lowest BCUT2D eigenvalue weighted by Gasteiger charge is -2.05. The zero-order valence-electron chi connectivity index (χ0n) is 5.92. The quantitative estimate of drug-likeness (QED) is 0.773. The lowest BCUT2D eigenvalue weighted by atomic mass is 10.2. The summed E-state index contributed by atoms with van der Waals surface area (Å²) < 4.78 is 0.975. The molecule has 0 unspecified atom stereocenters. The molecule has 11 heavy (non-hydrogen) atoms. The zero-order chi connectivity index (χ0) is 7.90. The van der Waals surface area contributed by atoms with Gasteiger partial charge in [0.1, 0.15) is 5.60 Å². The summed E-state index contributed by atoms with van der Waals surface area (Å²) in [5.41, 5.74) is 0.177. The number of hydrogen-bond acceptors (Lipinski definition) is 2. The predicted molar refractivity (Wildman–Crippen MR) is 45.1 cm³/mol. The van der Waals surface area contributed by atoms with Crippen LogP contribution in [0.5, 0.6) is 0 Å². The number of rotatable bonds is 1. The fourth-order valence-corrected chi connectivity index (χ4v) is 1.37. The zero-order valence-corrected chi connectivity index (χ0v) is 7.50. The molecular weight excluding hydrogens is 206 g/mol. The molecule has 0 aliphatic heterocycles. The molecule has 3 heteroatoms. The van der Waals surface area contributed by atoms with Gasteiger partial charge in [-0.3, -0.25) is 4.98 Å². The first-order chi connectivity index (χ1) is 5.21. The van der Waals surface area contributed by atoms with Gasteiger partial charge in [0.2, 0.25) is 0 Å². The van der Waals surface area contributed by atoms with Crippen molar-refractivity contribution in [2.24, 2.45) is 0 Å². The van der Waals surface area contributed by atoms with Gasteiger partial charge in [-0.1, -0.05) is 15.9 Å². The Kier molecular flexibility index (Phi) is 1.51. The second-order valence-electron chi connectivity index (χ2n) is 2.89. The fraction of sp³-hybridized carbons (Fsp3) is 0.375. The topological polar surface area (TPSA) is 33.1 Å². The summed E-state index contributed by atoms with van der Waals surface area (Å²) in [5, 5.41) is 9.64. The average molecular weight is 214 g/mol. The third kappa shape index (κ3) is 1.30. The highest BCUT2D eigenvalue weighted by Crippen LogP contribution is 2.44. The Hall–Kier alpha value is -0.410. The molecule has 0 aromatic carbocycles. The van der Waals surface area contributed by atoms with Crippen LogP contribution in [0.1, 0.15) is 18.5 Å². The van der Waals surface area contributed by atoms with Gasteiger partial charge in [-0.15, -0.1) is 0 Å². The first-order valence-electron chi connectivity index (χ1n) is 3.55. The van der Waals surface area contributed by atoms with Crippen LogP contribution in [0, 0.1) is 0 Å². The van der Waals surface area contributed by atoms with E-state index >= 15 is 0 Å². The number of pyridine rings is 1. The fourth-order valence-electron chi connectivity index (χ4n) is 1.03.